The monoisotopic (exact) mass is 210 g/mol. The minimum absolute atomic E-state index is 0.0812. The number of aromatic carboxylic acids is 1. The third-order valence-corrected chi connectivity index (χ3v) is 2.85. The summed E-state index contributed by atoms with van der Waals surface area (Å²) in [5.74, 6) is -0.995. The maximum absolute atomic E-state index is 10.7. The van der Waals surface area contributed by atoms with Gasteiger partial charge in [-0.25, -0.2) is 9.78 Å². The lowest BCUT2D eigenvalue weighted by Crippen LogP contribution is -2.29. The summed E-state index contributed by atoms with van der Waals surface area (Å²) in [5.41, 5.74) is -0.172. The van der Waals surface area contributed by atoms with Crippen LogP contribution < -0.4 is 0 Å². The highest BCUT2D eigenvalue weighted by Crippen LogP contribution is 2.35. The Morgan fingerprint density at radius 2 is 2.47 bits per heavy atom. The van der Waals surface area contributed by atoms with Crippen LogP contribution in [0.3, 0.4) is 0 Å². The number of rotatable bonds is 2. The van der Waals surface area contributed by atoms with Gasteiger partial charge in [0.1, 0.15) is 0 Å². The number of nitrogens with zero attached hydrogens (tertiary/aromatic N) is 2. The summed E-state index contributed by atoms with van der Waals surface area (Å²) in [5, 5.41) is 8.76. The number of carboxylic acid groups (broad SMARTS) is 1. The van der Waals surface area contributed by atoms with Gasteiger partial charge in [-0.2, -0.15) is 0 Å². The molecule has 0 aromatic carbocycles. The van der Waals surface area contributed by atoms with E-state index in [0.29, 0.717) is 6.61 Å². The lowest BCUT2D eigenvalue weighted by Gasteiger charge is -2.26. The van der Waals surface area contributed by atoms with E-state index >= 15 is 0 Å². The molecule has 82 valence electrons. The van der Waals surface area contributed by atoms with Crippen molar-refractivity contribution < 1.29 is 14.6 Å². The number of ether oxygens (including phenoxy) is 1. The molecule has 0 radical (unpaired) electrons. The molecule has 2 heterocycles. The summed E-state index contributed by atoms with van der Waals surface area (Å²) in [6.45, 7) is 4.72. The van der Waals surface area contributed by atoms with E-state index in [1.54, 1.807) is 12.5 Å². The van der Waals surface area contributed by atoms with Crippen molar-refractivity contribution in [1.29, 1.82) is 0 Å². The van der Waals surface area contributed by atoms with Gasteiger partial charge < -0.3 is 14.4 Å². The third kappa shape index (κ3) is 1.74. The number of carbonyl (C=O) groups is 1. The highest BCUT2D eigenvalue weighted by atomic mass is 16.5. The minimum Gasteiger partial charge on any atom is -0.476 e. The molecule has 1 aromatic heterocycles. The fourth-order valence-corrected chi connectivity index (χ4v) is 2.00. The number of hydrogen-bond donors (Lipinski definition) is 1. The van der Waals surface area contributed by atoms with Crippen LogP contribution in [-0.2, 0) is 4.74 Å². The molecule has 0 spiro atoms. The summed E-state index contributed by atoms with van der Waals surface area (Å²) >= 11 is 0. The third-order valence-electron chi connectivity index (χ3n) is 2.85. The molecule has 15 heavy (non-hydrogen) atoms. The first-order valence-electron chi connectivity index (χ1n) is 4.91. The molecule has 1 atom stereocenters. The zero-order valence-corrected chi connectivity index (χ0v) is 8.80. The molecule has 0 aliphatic carbocycles. The van der Waals surface area contributed by atoms with Crippen molar-refractivity contribution in [2.24, 2.45) is 0 Å². The molecule has 0 bridgehead atoms. The smallest absolute Gasteiger partial charge is 0.356 e. The Bertz CT molecular complexity index is 384. The van der Waals surface area contributed by atoms with Crippen LogP contribution in [0.4, 0.5) is 0 Å². The van der Waals surface area contributed by atoms with Crippen LogP contribution in [0.5, 0.6) is 0 Å². The van der Waals surface area contributed by atoms with Crippen LogP contribution in [0.25, 0.3) is 0 Å². The molecule has 0 saturated carbocycles. The molecule has 5 heteroatoms. The Balaban J connectivity index is 2.26. The molecule has 1 aliphatic heterocycles. The average Bonchev–Trinajstić information content (AvgIpc) is 2.69. The van der Waals surface area contributed by atoms with Crippen molar-refractivity contribution in [3.63, 3.8) is 0 Å². The van der Waals surface area contributed by atoms with Gasteiger partial charge in [0.25, 0.3) is 0 Å². The fraction of sp³-hybridized carbons (Fsp3) is 0.600. The van der Waals surface area contributed by atoms with Crippen LogP contribution in [-0.4, -0.2) is 32.8 Å². The van der Waals surface area contributed by atoms with Crippen LogP contribution >= 0.6 is 0 Å². The number of carboxylic acids is 1. The Morgan fingerprint density at radius 3 is 2.93 bits per heavy atom. The van der Waals surface area contributed by atoms with Crippen LogP contribution in [0.1, 0.15) is 36.8 Å². The van der Waals surface area contributed by atoms with Crippen molar-refractivity contribution in [2.45, 2.75) is 31.9 Å². The maximum Gasteiger partial charge on any atom is 0.356 e. The highest BCUT2D eigenvalue weighted by Gasteiger charge is 2.37. The van der Waals surface area contributed by atoms with Crippen molar-refractivity contribution in [3.8, 4) is 0 Å². The summed E-state index contributed by atoms with van der Waals surface area (Å²) in [6.07, 6.45) is 4.01. The Morgan fingerprint density at radius 1 is 1.73 bits per heavy atom. The van der Waals surface area contributed by atoms with E-state index in [1.807, 2.05) is 18.4 Å². The van der Waals surface area contributed by atoms with Gasteiger partial charge in [-0.3, -0.25) is 0 Å². The second-order valence-electron chi connectivity index (χ2n) is 4.27. The van der Waals surface area contributed by atoms with Gasteiger partial charge in [0.15, 0.2) is 5.69 Å². The van der Waals surface area contributed by atoms with Gasteiger partial charge in [0, 0.05) is 12.8 Å². The van der Waals surface area contributed by atoms with Gasteiger partial charge in [-0.15, -0.1) is 0 Å². The minimum atomic E-state index is -0.995. The first-order valence-corrected chi connectivity index (χ1v) is 4.91. The molecule has 1 unspecified atom stereocenters. The topological polar surface area (TPSA) is 64.4 Å². The number of imidazole rings is 1. The van der Waals surface area contributed by atoms with Gasteiger partial charge in [0.2, 0.25) is 0 Å². The Hall–Kier alpha value is -1.36. The van der Waals surface area contributed by atoms with Crippen molar-refractivity contribution in [1.82, 2.24) is 9.55 Å². The van der Waals surface area contributed by atoms with E-state index < -0.39 is 5.97 Å². The van der Waals surface area contributed by atoms with E-state index in [9.17, 15) is 4.79 Å². The molecule has 1 fully saturated rings. The molecule has 1 aliphatic rings. The van der Waals surface area contributed by atoms with Gasteiger partial charge in [-0.05, 0) is 20.3 Å². The zero-order valence-electron chi connectivity index (χ0n) is 8.80. The lowest BCUT2D eigenvalue weighted by atomic mass is 9.99. The van der Waals surface area contributed by atoms with Gasteiger partial charge in [0.05, 0.1) is 18.0 Å². The quantitative estimate of drug-likeness (QED) is 0.799. The number of hydrogen-bond acceptors (Lipinski definition) is 3. The van der Waals surface area contributed by atoms with Crippen LogP contribution in [0.15, 0.2) is 12.5 Å². The summed E-state index contributed by atoms with van der Waals surface area (Å²) in [4.78, 5) is 14.5. The Labute approximate surface area is 87.7 Å². The standard InChI is InChI=1S/C10H14N2O3/c1-10(2)8(3-4-15-10)12-5-7(9(13)14)11-6-12/h5-6,8H,3-4H2,1-2H3,(H,13,14). The predicted molar refractivity (Wildman–Crippen MR) is 52.9 cm³/mol. The fourth-order valence-electron chi connectivity index (χ4n) is 2.00. The van der Waals surface area contributed by atoms with E-state index in [4.69, 9.17) is 9.84 Å². The molecule has 1 N–H and O–H groups in total. The predicted octanol–water partition coefficient (Wildman–Crippen LogP) is 1.32. The van der Waals surface area contributed by atoms with E-state index in [1.165, 1.54) is 0 Å². The van der Waals surface area contributed by atoms with Crippen LogP contribution in [0, 0.1) is 0 Å². The van der Waals surface area contributed by atoms with Gasteiger partial charge >= 0.3 is 5.97 Å². The van der Waals surface area contributed by atoms with Gasteiger partial charge in [-0.1, -0.05) is 0 Å². The molecule has 0 amide bonds. The first kappa shape index (κ1) is 10.2. The number of aromatic nitrogens is 2. The van der Waals surface area contributed by atoms with Crippen molar-refractivity contribution in [2.75, 3.05) is 6.61 Å². The second kappa shape index (κ2) is 3.34. The highest BCUT2D eigenvalue weighted by molar-refractivity contribution is 5.84. The SMILES string of the molecule is CC1(C)OCCC1n1cnc(C(=O)O)c1. The summed E-state index contributed by atoms with van der Waals surface area (Å²) < 4.78 is 7.41. The van der Waals surface area contributed by atoms with E-state index in [0.717, 1.165) is 6.42 Å². The maximum atomic E-state index is 10.7. The summed E-state index contributed by atoms with van der Waals surface area (Å²) in [6, 6.07) is 0.165. The zero-order chi connectivity index (χ0) is 11.1. The molecular formula is C10H14N2O3. The molecule has 1 aromatic rings. The average molecular weight is 210 g/mol. The van der Waals surface area contributed by atoms with E-state index in [-0.39, 0.29) is 17.3 Å². The van der Waals surface area contributed by atoms with Crippen molar-refractivity contribution >= 4 is 5.97 Å². The van der Waals surface area contributed by atoms with Crippen molar-refractivity contribution in [3.05, 3.63) is 18.2 Å². The molecule has 2 rings (SSSR count). The second-order valence-corrected chi connectivity index (χ2v) is 4.27. The lowest BCUT2D eigenvalue weighted by molar-refractivity contribution is 0.0143. The normalized spacial score (nSPS) is 24.3. The summed E-state index contributed by atoms with van der Waals surface area (Å²) in [7, 11) is 0. The molecular weight excluding hydrogens is 196 g/mol. The largest absolute Gasteiger partial charge is 0.476 e. The Kier molecular flexibility index (Phi) is 2.26. The molecule has 5 nitrogen and oxygen atoms in total. The molecule has 1 saturated heterocycles. The first-order chi connectivity index (χ1) is 7.00. The van der Waals surface area contributed by atoms with Crippen LogP contribution in [0.2, 0.25) is 0 Å². The van der Waals surface area contributed by atoms with E-state index in [2.05, 4.69) is 4.98 Å².